The number of ether oxygens (including phenoxy) is 2. The molecule has 0 radical (unpaired) electrons. The lowest BCUT2D eigenvalue weighted by Gasteiger charge is -2.13. The fraction of sp³-hybridized carbons (Fsp3) is 0.875. The Kier molecular flexibility index (Phi) is 5.84. The van der Waals surface area contributed by atoms with Gasteiger partial charge >= 0.3 is 5.97 Å². The Balaban J connectivity index is 3.43. The van der Waals surface area contributed by atoms with Crippen molar-refractivity contribution in [2.75, 3.05) is 13.2 Å². The zero-order valence-corrected chi connectivity index (χ0v) is 7.42. The summed E-state index contributed by atoms with van der Waals surface area (Å²) in [5.74, 6) is -0.247. The summed E-state index contributed by atoms with van der Waals surface area (Å²) in [6.07, 6.45) is 0.935. The molecule has 0 bridgehead atoms. The first kappa shape index (κ1) is 10.4. The van der Waals surface area contributed by atoms with Crippen molar-refractivity contribution in [1.29, 1.82) is 0 Å². The van der Waals surface area contributed by atoms with Crippen molar-refractivity contribution >= 4 is 5.97 Å². The van der Waals surface area contributed by atoms with Gasteiger partial charge in [-0.3, -0.25) is 4.79 Å². The first-order chi connectivity index (χ1) is 5.20. The molecule has 0 aromatic heterocycles. The van der Waals surface area contributed by atoms with E-state index in [-0.39, 0.29) is 12.1 Å². The topological polar surface area (TPSA) is 35.5 Å². The molecule has 3 nitrogen and oxygen atoms in total. The average Bonchev–Trinajstić information content (AvgIpc) is 1.97. The van der Waals surface area contributed by atoms with Crippen LogP contribution in [0.2, 0.25) is 0 Å². The average molecular weight is 160 g/mol. The molecule has 3 heteroatoms. The molecule has 1 unspecified atom stereocenters. The van der Waals surface area contributed by atoms with Crippen LogP contribution in [0.15, 0.2) is 0 Å². The van der Waals surface area contributed by atoms with E-state index >= 15 is 0 Å². The van der Waals surface area contributed by atoms with Crippen LogP contribution in [0.25, 0.3) is 0 Å². The molecule has 0 fully saturated rings. The molecule has 0 aliphatic rings. The van der Waals surface area contributed by atoms with Gasteiger partial charge < -0.3 is 9.47 Å². The lowest BCUT2D eigenvalue weighted by atomic mass is 10.3. The zero-order chi connectivity index (χ0) is 8.69. The smallest absolute Gasteiger partial charge is 0.302 e. The molecule has 0 aromatic rings. The summed E-state index contributed by atoms with van der Waals surface area (Å²) < 4.78 is 10.0. The number of rotatable bonds is 5. The normalized spacial score (nSPS) is 12.6. The molecular weight excluding hydrogens is 144 g/mol. The van der Waals surface area contributed by atoms with Crippen LogP contribution in [0.1, 0.15) is 27.2 Å². The van der Waals surface area contributed by atoms with Crippen LogP contribution in [-0.2, 0) is 14.3 Å². The van der Waals surface area contributed by atoms with E-state index < -0.39 is 0 Å². The molecule has 66 valence electrons. The van der Waals surface area contributed by atoms with E-state index in [1.54, 1.807) is 0 Å². The predicted octanol–water partition coefficient (Wildman–Crippen LogP) is 1.36. The van der Waals surface area contributed by atoms with Gasteiger partial charge in [0.25, 0.3) is 0 Å². The third-order valence-corrected chi connectivity index (χ3v) is 1.33. The van der Waals surface area contributed by atoms with Gasteiger partial charge in [0, 0.05) is 13.5 Å². The fourth-order valence-electron chi connectivity index (χ4n) is 0.730. The standard InChI is InChI=1S/C8H16O3/c1-4-8(10-5-2)6-11-7(3)9/h8H,4-6H2,1-3H3. The second-order valence-corrected chi connectivity index (χ2v) is 2.29. The van der Waals surface area contributed by atoms with Crippen molar-refractivity contribution < 1.29 is 14.3 Å². The van der Waals surface area contributed by atoms with Crippen LogP contribution in [0, 0.1) is 0 Å². The largest absolute Gasteiger partial charge is 0.463 e. The molecule has 0 saturated heterocycles. The Hall–Kier alpha value is -0.570. The highest BCUT2D eigenvalue weighted by Crippen LogP contribution is 1.98. The van der Waals surface area contributed by atoms with Gasteiger partial charge in [0.15, 0.2) is 0 Å². The summed E-state index contributed by atoms with van der Waals surface area (Å²) >= 11 is 0. The molecular formula is C8H16O3. The van der Waals surface area contributed by atoms with E-state index in [1.165, 1.54) is 6.92 Å². The van der Waals surface area contributed by atoms with Crippen molar-refractivity contribution in [3.05, 3.63) is 0 Å². The van der Waals surface area contributed by atoms with Gasteiger partial charge in [-0.2, -0.15) is 0 Å². The van der Waals surface area contributed by atoms with E-state index in [9.17, 15) is 4.79 Å². The van der Waals surface area contributed by atoms with E-state index in [1.807, 2.05) is 13.8 Å². The van der Waals surface area contributed by atoms with E-state index in [4.69, 9.17) is 9.47 Å². The summed E-state index contributed by atoms with van der Waals surface area (Å²) in [6, 6.07) is 0. The third-order valence-electron chi connectivity index (χ3n) is 1.33. The van der Waals surface area contributed by atoms with Crippen LogP contribution >= 0.6 is 0 Å². The number of hydrogen-bond acceptors (Lipinski definition) is 3. The van der Waals surface area contributed by atoms with Crippen LogP contribution < -0.4 is 0 Å². The van der Waals surface area contributed by atoms with E-state index in [2.05, 4.69) is 0 Å². The molecule has 1 atom stereocenters. The molecule has 0 N–H and O–H groups in total. The molecule has 0 spiro atoms. The number of esters is 1. The van der Waals surface area contributed by atoms with Crippen LogP contribution in [0.4, 0.5) is 0 Å². The summed E-state index contributed by atoms with van der Waals surface area (Å²) in [7, 11) is 0. The van der Waals surface area contributed by atoms with Crippen molar-refractivity contribution in [3.63, 3.8) is 0 Å². The highest BCUT2D eigenvalue weighted by Gasteiger charge is 2.06. The summed E-state index contributed by atoms with van der Waals surface area (Å²) in [4.78, 5) is 10.4. The Morgan fingerprint density at radius 1 is 1.45 bits per heavy atom. The summed E-state index contributed by atoms with van der Waals surface area (Å²) in [6.45, 7) is 6.37. The molecule has 0 aromatic carbocycles. The second-order valence-electron chi connectivity index (χ2n) is 2.29. The minimum atomic E-state index is -0.247. The summed E-state index contributed by atoms with van der Waals surface area (Å²) in [5.41, 5.74) is 0. The van der Waals surface area contributed by atoms with Crippen molar-refractivity contribution in [1.82, 2.24) is 0 Å². The molecule has 0 aliphatic carbocycles. The quantitative estimate of drug-likeness (QED) is 0.570. The van der Waals surface area contributed by atoms with Crippen molar-refractivity contribution in [2.45, 2.75) is 33.3 Å². The number of carbonyl (C=O) groups excluding carboxylic acids is 1. The van der Waals surface area contributed by atoms with E-state index in [0.717, 1.165) is 6.42 Å². The first-order valence-electron chi connectivity index (χ1n) is 3.95. The van der Waals surface area contributed by atoms with Crippen molar-refractivity contribution in [3.8, 4) is 0 Å². The number of hydrogen-bond donors (Lipinski definition) is 0. The predicted molar refractivity (Wildman–Crippen MR) is 42.3 cm³/mol. The minimum absolute atomic E-state index is 0.0592. The number of carbonyl (C=O) groups is 1. The maximum Gasteiger partial charge on any atom is 0.302 e. The highest BCUT2D eigenvalue weighted by atomic mass is 16.6. The SMILES string of the molecule is CCOC(CC)COC(C)=O. The Morgan fingerprint density at radius 3 is 2.45 bits per heavy atom. The van der Waals surface area contributed by atoms with Crippen molar-refractivity contribution in [2.24, 2.45) is 0 Å². The van der Waals surface area contributed by atoms with Gasteiger partial charge in [-0.1, -0.05) is 6.92 Å². The zero-order valence-electron chi connectivity index (χ0n) is 7.42. The second kappa shape index (κ2) is 6.16. The van der Waals surface area contributed by atoms with Gasteiger partial charge in [0.05, 0.1) is 6.10 Å². The molecule has 0 saturated carbocycles. The van der Waals surface area contributed by atoms with Gasteiger partial charge in [-0.25, -0.2) is 0 Å². The lowest BCUT2D eigenvalue weighted by Crippen LogP contribution is -2.20. The monoisotopic (exact) mass is 160 g/mol. The Bertz CT molecular complexity index is 112. The minimum Gasteiger partial charge on any atom is -0.463 e. The molecule has 0 heterocycles. The van der Waals surface area contributed by atoms with Crippen LogP contribution in [-0.4, -0.2) is 25.3 Å². The summed E-state index contributed by atoms with van der Waals surface area (Å²) in [5, 5.41) is 0. The molecule has 0 amide bonds. The van der Waals surface area contributed by atoms with Gasteiger partial charge in [0.1, 0.15) is 6.61 Å². The van der Waals surface area contributed by atoms with Gasteiger partial charge in [-0.05, 0) is 13.3 Å². The molecule has 0 aliphatic heterocycles. The Morgan fingerprint density at radius 2 is 2.09 bits per heavy atom. The van der Waals surface area contributed by atoms with Crippen LogP contribution in [0.5, 0.6) is 0 Å². The first-order valence-corrected chi connectivity index (χ1v) is 3.95. The maximum absolute atomic E-state index is 10.4. The molecule has 0 rings (SSSR count). The van der Waals surface area contributed by atoms with Crippen LogP contribution in [0.3, 0.4) is 0 Å². The Labute approximate surface area is 67.7 Å². The van der Waals surface area contributed by atoms with E-state index in [0.29, 0.717) is 13.2 Å². The third kappa shape index (κ3) is 5.85. The highest BCUT2D eigenvalue weighted by molar-refractivity contribution is 5.65. The molecule has 11 heavy (non-hydrogen) atoms. The van der Waals surface area contributed by atoms with Gasteiger partial charge in [-0.15, -0.1) is 0 Å². The fourth-order valence-corrected chi connectivity index (χ4v) is 0.730. The lowest BCUT2D eigenvalue weighted by molar-refractivity contribution is -0.145. The maximum atomic E-state index is 10.4. The van der Waals surface area contributed by atoms with Gasteiger partial charge in [0.2, 0.25) is 0 Å².